The molecular formula is C22H17BrF4N2O3S. The van der Waals surface area contributed by atoms with Gasteiger partial charge in [0.05, 0.1) is 17.0 Å². The van der Waals surface area contributed by atoms with Gasteiger partial charge in [-0.15, -0.1) is 0 Å². The van der Waals surface area contributed by atoms with Crippen molar-refractivity contribution in [1.29, 1.82) is 0 Å². The predicted octanol–water partition coefficient (Wildman–Crippen LogP) is 5.44. The van der Waals surface area contributed by atoms with Crippen molar-refractivity contribution in [3.05, 3.63) is 94.2 Å². The minimum atomic E-state index is -4.95. The highest BCUT2D eigenvalue weighted by molar-refractivity contribution is 9.10. The molecule has 0 aliphatic rings. The van der Waals surface area contributed by atoms with E-state index in [1.165, 1.54) is 24.3 Å². The van der Waals surface area contributed by atoms with Crippen molar-refractivity contribution in [1.82, 2.24) is 4.31 Å². The van der Waals surface area contributed by atoms with Gasteiger partial charge in [0.15, 0.2) is 0 Å². The van der Waals surface area contributed by atoms with Gasteiger partial charge >= 0.3 is 6.18 Å². The van der Waals surface area contributed by atoms with Crippen molar-refractivity contribution >= 4 is 37.5 Å². The quantitative estimate of drug-likeness (QED) is 0.403. The van der Waals surface area contributed by atoms with E-state index in [1.807, 2.05) is 0 Å². The molecule has 3 rings (SSSR count). The van der Waals surface area contributed by atoms with Crippen LogP contribution in [0.15, 0.2) is 82.2 Å². The second-order valence-electron chi connectivity index (χ2n) is 6.95. The molecule has 0 heterocycles. The van der Waals surface area contributed by atoms with Gasteiger partial charge in [-0.1, -0.05) is 46.3 Å². The van der Waals surface area contributed by atoms with E-state index in [1.54, 1.807) is 30.3 Å². The number of amides is 1. The highest BCUT2D eigenvalue weighted by Gasteiger charge is 2.34. The Hall–Kier alpha value is -2.76. The molecule has 0 spiro atoms. The van der Waals surface area contributed by atoms with Gasteiger partial charge in [-0.2, -0.15) is 17.5 Å². The van der Waals surface area contributed by atoms with Crippen molar-refractivity contribution in [2.45, 2.75) is 17.6 Å². The minimum absolute atomic E-state index is 0.0453. The summed E-state index contributed by atoms with van der Waals surface area (Å²) in [4.78, 5) is 12.5. The summed E-state index contributed by atoms with van der Waals surface area (Å²) >= 11 is 3.29. The van der Waals surface area contributed by atoms with Crippen molar-refractivity contribution < 1.29 is 30.8 Å². The Morgan fingerprint density at radius 3 is 2.21 bits per heavy atom. The Bertz CT molecular complexity index is 1230. The molecule has 3 aromatic carbocycles. The van der Waals surface area contributed by atoms with Crippen LogP contribution < -0.4 is 5.32 Å². The van der Waals surface area contributed by atoms with E-state index >= 15 is 0 Å². The van der Waals surface area contributed by atoms with Crippen LogP contribution in [0.2, 0.25) is 0 Å². The first kappa shape index (κ1) is 24.9. The molecule has 33 heavy (non-hydrogen) atoms. The molecule has 1 amide bonds. The Kier molecular flexibility index (Phi) is 7.55. The largest absolute Gasteiger partial charge is 0.419 e. The predicted molar refractivity (Wildman–Crippen MR) is 118 cm³/mol. The molecular weight excluding hydrogens is 528 g/mol. The van der Waals surface area contributed by atoms with Crippen LogP contribution in [0, 0.1) is 5.82 Å². The Labute approximate surface area is 196 Å². The molecule has 0 aliphatic heterocycles. The maximum Gasteiger partial charge on any atom is 0.419 e. The van der Waals surface area contributed by atoms with Crippen LogP contribution in [0.4, 0.5) is 23.2 Å². The number of halogens is 5. The summed E-state index contributed by atoms with van der Waals surface area (Å²) < 4.78 is 80.4. The fourth-order valence-corrected chi connectivity index (χ4v) is 4.61. The van der Waals surface area contributed by atoms with Crippen LogP contribution >= 0.6 is 15.9 Å². The van der Waals surface area contributed by atoms with Crippen LogP contribution in [-0.4, -0.2) is 25.2 Å². The second-order valence-corrected chi connectivity index (χ2v) is 9.81. The zero-order valence-corrected chi connectivity index (χ0v) is 19.2. The number of anilines is 1. The summed E-state index contributed by atoms with van der Waals surface area (Å²) in [5.74, 6) is -2.37. The third-order valence-electron chi connectivity index (χ3n) is 4.53. The van der Waals surface area contributed by atoms with Crippen molar-refractivity contribution in [3.8, 4) is 0 Å². The average molecular weight is 545 g/mol. The molecule has 0 radical (unpaired) electrons. The van der Waals surface area contributed by atoms with Gasteiger partial charge in [0.1, 0.15) is 5.82 Å². The fraction of sp³-hybridized carbons (Fsp3) is 0.136. The average Bonchev–Trinajstić information content (AvgIpc) is 2.76. The number of carbonyl (C=O) groups is 1. The second kappa shape index (κ2) is 10.0. The third-order valence-corrected chi connectivity index (χ3v) is 6.86. The topological polar surface area (TPSA) is 66.5 Å². The highest BCUT2D eigenvalue weighted by atomic mass is 79.9. The number of sulfonamides is 1. The molecule has 0 unspecified atom stereocenters. The number of nitrogens with one attached hydrogen (secondary N) is 1. The first-order valence-corrected chi connectivity index (χ1v) is 11.7. The third kappa shape index (κ3) is 6.40. The monoisotopic (exact) mass is 544 g/mol. The van der Waals surface area contributed by atoms with E-state index in [-0.39, 0.29) is 17.1 Å². The van der Waals surface area contributed by atoms with Gasteiger partial charge in [-0.25, -0.2) is 12.8 Å². The zero-order valence-electron chi connectivity index (χ0n) is 16.8. The molecule has 0 saturated heterocycles. The summed E-state index contributed by atoms with van der Waals surface area (Å²) in [5, 5.41) is 2.21. The minimum Gasteiger partial charge on any atom is -0.325 e. The van der Waals surface area contributed by atoms with Gasteiger partial charge in [-0.05, 0) is 48.0 Å². The van der Waals surface area contributed by atoms with Gasteiger partial charge < -0.3 is 5.32 Å². The molecule has 0 aromatic heterocycles. The molecule has 0 bridgehead atoms. The maximum atomic E-state index is 13.5. The van der Waals surface area contributed by atoms with E-state index in [0.29, 0.717) is 17.7 Å². The highest BCUT2D eigenvalue weighted by Crippen LogP contribution is 2.33. The number of nitrogens with zero attached hydrogens (tertiary/aromatic N) is 1. The lowest BCUT2D eigenvalue weighted by atomic mass is 10.2. The number of alkyl halides is 3. The Balaban J connectivity index is 1.87. The molecule has 0 saturated carbocycles. The summed E-state index contributed by atoms with van der Waals surface area (Å²) in [5.41, 5.74) is -1.26. The van der Waals surface area contributed by atoms with Crippen LogP contribution in [-0.2, 0) is 27.5 Å². The summed E-state index contributed by atoms with van der Waals surface area (Å²) in [6.45, 7) is -0.832. The number of hydrogen-bond donors (Lipinski definition) is 1. The Morgan fingerprint density at radius 2 is 1.61 bits per heavy atom. The van der Waals surface area contributed by atoms with E-state index in [2.05, 4.69) is 21.2 Å². The molecule has 5 nitrogen and oxygen atoms in total. The van der Waals surface area contributed by atoms with Gasteiger partial charge in [0.2, 0.25) is 15.9 Å². The summed E-state index contributed by atoms with van der Waals surface area (Å²) in [6, 6.07) is 16.2. The van der Waals surface area contributed by atoms with Crippen LogP contribution in [0.1, 0.15) is 11.1 Å². The molecule has 174 valence electrons. The van der Waals surface area contributed by atoms with Gasteiger partial charge in [0.25, 0.3) is 0 Å². The standard InChI is InChI=1S/C22H17BrF4N2O3S/c23-16-8-6-15(7-9-16)13-29(33(31,32)18-4-2-1-3-5-18)14-21(30)28-17-10-11-20(24)19(12-17)22(25,26)27/h1-12H,13-14H2,(H,28,30). The fourth-order valence-electron chi connectivity index (χ4n) is 2.94. The number of carbonyl (C=O) groups excluding carboxylic acids is 1. The zero-order chi connectivity index (χ0) is 24.2. The lowest BCUT2D eigenvalue weighted by Gasteiger charge is -2.22. The van der Waals surface area contributed by atoms with E-state index < -0.39 is 40.0 Å². The lowest BCUT2D eigenvalue weighted by molar-refractivity contribution is -0.140. The van der Waals surface area contributed by atoms with E-state index in [9.17, 15) is 30.8 Å². The lowest BCUT2D eigenvalue weighted by Crippen LogP contribution is -2.37. The number of hydrogen-bond acceptors (Lipinski definition) is 3. The summed E-state index contributed by atoms with van der Waals surface area (Å²) in [6.07, 6.45) is -4.95. The number of rotatable bonds is 7. The smallest absolute Gasteiger partial charge is 0.325 e. The molecule has 0 atom stereocenters. The van der Waals surface area contributed by atoms with Crippen molar-refractivity contribution in [2.24, 2.45) is 0 Å². The molecule has 0 fully saturated rings. The van der Waals surface area contributed by atoms with Gasteiger partial charge in [-0.3, -0.25) is 4.79 Å². The maximum absolute atomic E-state index is 13.5. The molecule has 1 N–H and O–H groups in total. The van der Waals surface area contributed by atoms with Crippen LogP contribution in [0.3, 0.4) is 0 Å². The SMILES string of the molecule is O=C(CN(Cc1ccc(Br)cc1)S(=O)(=O)c1ccccc1)Nc1ccc(F)c(C(F)(F)F)c1. The van der Waals surface area contributed by atoms with E-state index in [4.69, 9.17) is 0 Å². The van der Waals surface area contributed by atoms with Crippen LogP contribution in [0.25, 0.3) is 0 Å². The first-order valence-electron chi connectivity index (χ1n) is 9.43. The first-order chi connectivity index (χ1) is 15.5. The van der Waals surface area contributed by atoms with Crippen molar-refractivity contribution in [2.75, 3.05) is 11.9 Å². The molecule has 3 aromatic rings. The normalized spacial score (nSPS) is 12.1. The molecule has 11 heteroatoms. The van der Waals surface area contributed by atoms with Gasteiger partial charge in [0, 0.05) is 16.7 Å². The molecule has 0 aliphatic carbocycles. The Morgan fingerprint density at radius 1 is 0.970 bits per heavy atom. The van der Waals surface area contributed by atoms with Crippen molar-refractivity contribution in [3.63, 3.8) is 0 Å². The van der Waals surface area contributed by atoms with E-state index in [0.717, 1.165) is 14.8 Å². The van der Waals surface area contributed by atoms with Crippen LogP contribution in [0.5, 0.6) is 0 Å². The summed E-state index contributed by atoms with van der Waals surface area (Å²) in [7, 11) is -4.11. The number of benzene rings is 3.